The molecule has 19 heavy (non-hydrogen) atoms. The van der Waals surface area contributed by atoms with Crippen molar-refractivity contribution in [3.8, 4) is 11.3 Å². The summed E-state index contributed by atoms with van der Waals surface area (Å²) in [6.45, 7) is 0. The van der Waals surface area contributed by atoms with Gasteiger partial charge < -0.3 is 10.2 Å². The second-order valence-electron chi connectivity index (χ2n) is 4.17. The minimum absolute atomic E-state index is 0.321. The summed E-state index contributed by atoms with van der Waals surface area (Å²) in [7, 11) is 0. The molecule has 4 heteroatoms. The minimum Gasteiger partial charge on any atom is -0.455 e. The summed E-state index contributed by atoms with van der Waals surface area (Å²) < 4.78 is 18.6. The molecule has 0 fully saturated rings. The first-order valence-electron chi connectivity index (χ1n) is 5.74. The Kier molecular flexibility index (Phi) is 2.56. The first kappa shape index (κ1) is 11.5. The van der Waals surface area contributed by atoms with Crippen molar-refractivity contribution in [2.24, 2.45) is 5.73 Å². The number of furan rings is 1. The highest BCUT2D eigenvalue weighted by atomic mass is 19.1. The van der Waals surface area contributed by atoms with Crippen LogP contribution in [0.5, 0.6) is 0 Å². The Morgan fingerprint density at radius 1 is 1.05 bits per heavy atom. The number of hydrogen-bond acceptors (Lipinski definition) is 2. The second kappa shape index (κ2) is 4.24. The van der Waals surface area contributed by atoms with E-state index < -0.39 is 5.91 Å². The zero-order valence-corrected chi connectivity index (χ0v) is 9.89. The molecule has 0 aliphatic carbocycles. The lowest BCUT2D eigenvalue weighted by molar-refractivity contribution is 0.100. The molecule has 0 saturated carbocycles. The van der Waals surface area contributed by atoms with Crippen molar-refractivity contribution in [1.82, 2.24) is 0 Å². The number of carbonyl (C=O) groups excluding carboxylic acids is 1. The predicted molar refractivity (Wildman–Crippen MR) is 70.1 cm³/mol. The summed E-state index contributed by atoms with van der Waals surface area (Å²) in [6, 6.07) is 12.9. The summed E-state index contributed by atoms with van der Waals surface area (Å²) >= 11 is 0. The van der Waals surface area contributed by atoms with Crippen molar-refractivity contribution in [2.45, 2.75) is 0 Å². The lowest BCUT2D eigenvalue weighted by Gasteiger charge is -1.99. The van der Waals surface area contributed by atoms with Gasteiger partial charge in [-0.25, -0.2) is 4.39 Å². The molecule has 0 atom stereocenters. The van der Waals surface area contributed by atoms with E-state index in [4.69, 9.17) is 10.2 Å². The fourth-order valence-electron chi connectivity index (χ4n) is 2.09. The fraction of sp³-hybridized carbons (Fsp3) is 0. The van der Waals surface area contributed by atoms with Gasteiger partial charge in [0.05, 0.1) is 5.56 Å². The number of para-hydroxylation sites is 1. The fourth-order valence-corrected chi connectivity index (χ4v) is 2.09. The number of halogens is 1. The zero-order valence-electron chi connectivity index (χ0n) is 9.89. The van der Waals surface area contributed by atoms with Crippen LogP contribution in [0, 0.1) is 5.82 Å². The highest BCUT2D eigenvalue weighted by molar-refractivity contribution is 6.10. The summed E-state index contributed by atoms with van der Waals surface area (Å²) in [5.74, 6) is -0.543. The van der Waals surface area contributed by atoms with E-state index in [1.165, 1.54) is 12.1 Å². The average molecular weight is 255 g/mol. The molecule has 0 radical (unpaired) electrons. The van der Waals surface area contributed by atoms with Gasteiger partial charge in [-0.2, -0.15) is 0 Å². The van der Waals surface area contributed by atoms with Gasteiger partial charge in [-0.05, 0) is 30.3 Å². The third-order valence-electron chi connectivity index (χ3n) is 2.95. The molecule has 3 aromatic rings. The van der Waals surface area contributed by atoms with Crippen molar-refractivity contribution in [3.63, 3.8) is 0 Å². The molecule has 2 N–H and O–H groups in total. The molecule has 94 valence electrons. The number of fused-ring (bicyclic) bond motifs is 1. The number of hydrogen-bond donors (Lipinski definition) is 1. The summed E-state index contributed by atoms with van der Waals surface area (Å²) in [5, 5.41) is 0.661. The van der Waals surface area contributed by atoms with Crippen LogP contribution in [-0.4, -0.2) is 5.91 Å². The van der Waals surface area contributed by atoms with Crippen LogP contribution in [0.3, 0.4) is 0 Å². The predicted octanol–water partition coefficient (Wildman–Crippen LogP) is 3.34. The van der Waals surface area contributed by atoms with Crippen LogP contribution in [0.2, 0.25) is 0 Å². The third-order valence-corrected chi connectivity index (χ3v) is 2.95. The lowest BCUT2D eigenvalue weighted by atomic mass is 10.1. The maximum atomic E-state index is 12.9. The molecule has 0 bridgehead atoms. The quantitative estimate of drug-likeness (QED) is 0.763. The highest BCUT2D eigenvalue weighted by Gasteiger charge is 2.19. The Labute approximate surface area is 108 Å². The van der Waals surface area contributed by atoms with Crippen LogP contribution >= 0.6 is 0 Å². The summed E-state index contributed by atoms with van der Waals surface area (Å²) in [6.07, 6.45) is 0. The van der Waals surface area contributed by atoms with Crippen LogP contribution in [0.15, 0.2) is 52.9 Å². The summed E-state index contributed by atoms with van der Waals surface area (Å²) in [5.41, 5.74) is 6.94. The molecule has 0 saturated heterocycles. The van der Waals surface area contributed by atoms with Gasteiger partial charge in [0.15, 0.2) is 0 Å². The molecule has 1 aromatic heterocycles. The first-order chi connectivity index (χ1) is 9.16. The topological polar surface area (TPSA) is 56.2 Å². The van der Waals surface area contributed by atoms with E-state index in [0.29, 0.717) is 27.9 Å². The maximum Gasteiger partial charge on any atom is 0.253 e. The van der Waals surface area contributed by atoms with E-state index in [2.05, 4.69) is 0 Å². The molecule has 1 heterocycles. The van der Waals surface area contributed by atoms with Gasteiger partial charge >= 0.3 is 0 Å². The van der Waals surface area contributed by atoms with Crippen molar-refractivity contribution in [3.05, 3.63) is 59.9 Å². The van der Waals surface area contributed by atoms with E-state index in [1.807, 2.05) is 6.07 Å². The molecule has 3 rings (SSSR count). The van der Waals surface area contributed by atoms with Crippen LogP contribution < -0.4 is 5.73 Å². The Morgan fingerprint density at radius 3 is 2.42 bits per heavy atom. The Balaban J connectivity index is 2.31. The van der Waals surface area contributed by atoms with E-state index >= 15 is 0 Å². The number of primary amides is 1. The van der Waals surface area contributed by atoms with Gasteiger partial charge in [0.25, 0.3) is 5.91 Å². The molecule has 3 nitrogen and oxygen atoms in total. The third kappa shape index (κ3) is 1.87. The van der Waals surface area contributed by atoms with Crippen LogP contribution in [0.25, 0.3) is 22.3 Å². The molecule has 1 amide bonds. The minimum atomic E-state index is -0.565. The van der Waals surface area contributed by atoms with Crippen molar-refractivity contribution in [2.75, 3.05) is 0 Å². The van der Waals surface area contributed by atoms with Crippen molar-refractivity contribution >= 4 is 16.9 Å². The van der Waals surface area contributed by atoms with Gasteiger partial charge in [-0.3, -0.25) is 4.79 Å². The van der Waals surface area contributed by atoms with Gasteiger partial charge in [0, 0.05) is 10.9 Å². The van der Waals surface area contributed by atoms with Gasteiger partial charge in [0.2, 0.25) is 0 Å². The number of amides is 1. The number of rotatable bonds is 2. The van der Waals surface area contributed by atoms with Crippen molar-refractivity contribution < 1.29 is 13.6 Å². The van der Waals surface area contributed by atoms with Crippen LogP contribution in [0.4, 0.5) is 4.39 Å². The van der Waals surface area contributed by atoms with E-state index in [9.17, 15) is 9.18 Å². The van der Waals surface area contributed by atoms with Crippen molar-refractivity contribution in [1.29, 1.82) is 0 Å². The summed E-state index contributed by atoms with van der Waals surface area (Å²) in [4.78, 5) is 11.6. The number of benzene rings is 2. The second-order valence-corrected chi connectivity index (χ2v) is 4.17. The van der Waals surface area contributed by atoms with Gasteiger partial charge in [-0.15, -0.1) is 0 Å². The van der Waals surface area contributed by atoms with E-state index in [1.54, 1.807) is 30.3 Å². The lowest BCUT2D eigenvalue weighted by Crippen LogP contribution is -2.11. The highest BCUT2D eigenvalue weighted by Crippen LogP contribution is 2.33. The molecule has 2 aromatic carbocycles. The van der Waals surface area contributed by atoms with Gasteiger partial charge in [-0.1, -0.05) is 18.2 Å². The maximum absolute atomic E-state index is 12.9. The molecular weight excluding hydrogens is 245 g/mol. The SMILES string of the molecule is NC(=O)c1c(-c2ccc(F)cc2)oc2ccccc12. The Hall–Kier alpha value is -2.62. The number of nitrogens with two attached hydrogens (primary N) is 1. The zero-order chi connectivity index (χ0) is 13.4. The standard InChI is InChI=1S/C15H10FNO2/c16-10-7-5-9(6-8-10)14-13(15(17)18)11-3-1-2-4-12(11)19-14/h1-8H,(H2,17,18). The molecular formula is C15H10FNO2. The Bertz CT molecular complexity index is 759. The van der Waals surface area contributed by atoms with E-state index in [-0.39, 0.29) is 5.82 Å². The smallest absolute Gasteiger partial charge is 0.253 e. The van der Waals surface area contributed by atoms with E-state index in [0.717, 1.165) is 0 Å². The normalized spacial score (nSPS) is 10.8. The average Bonchev–Trinajstić information content (AvgIpc) is 2.78. The Morgan fingerprint density at radius 2 is 1.74 bits per heavy atom. The first-order valence-corrected chi connectivity index (χ1v) is 5.74. The van der Waals surface area contributed by atoms with Crippen LogP contribution in [0.1, 0.15) is 10.4 Å². The largest absolute Gasteiger partial charge is 0.455 e. The molecule has 0 aliphatic heterocycles. The number of carbonyl (C=O) groups is 1. The molecule has 0 aliphatic rings. The molecule has 0 unspecified atom stereocenters. The van der Waals surface area contributed by atoms with Gasteiger partial charge in [0.1, 0.15) is 17.2 Å². The monoisotopic (exact) mass is 255 g/mol. The molecule has 0 spiro atoms. The van der Waals surface area contributed by atoms with Crippen LogP contribution in [-0.2, 0) is 0 Å².